The molecule has 1 aliphatic rings. The van der Waals surface area contributed by atoms with Crippen molar-refractivity contribution in [3.05, 3.63) is 29.8 Å². The largest absolute Gasteiger partial charge is 0.494 e. The summed E-state index contributed by atoms with van der Waals surface area (Å²) in [5, 5.41) is 0. The van der Waals surface area contributed by atoms with Crippen LogP contribution in [0.4, 0.5) is 0 Å². The fourth-order valence-corrected chi connectivity index (χ4v) is 2.27. The van der Waals surface area contributed by atoms with E-state index in [9.17, 15) is 4.79 Å². The van der Waals surface area contributed by atoms with Crippen LogP contribution in [0.25, 0.3) is 0 Å². The van der Waals surface area contributed by atoms with E-state index in [1.807, 2.05) is 31.2 Å². The molecule has 92 valence electrons. The van der Waals surface area contributed by atoms with Crippen molar-refractivity contribution in [1.29, 1.82) is 0 Å². The topological polar surface area (TPSA) is 35.5 Å². The summed E-state index contributed by atoms with van der Waals surface area (Å²) in [6, 6.07) is 7.99. The lowest BCUT2D eigenvalue weighted by atomic mass is 9.75. The van der Waals surface area contributed by atoms with E-state index in [2.05, 4.69) is 0 Å². The van der Waals surface area contributed by atoms with Crippen molar-refractivity contribution in [3.63, 3.8) is 0 Å². The third kappa shape index (κ3) is 2.50. The molecule has 0 radical (unpaired) electrons. The van der Waals surface area contributed by atoms with E-state index in [0.717, 1.165) is 5.75 Å². The van der Waals surface area contributed by atoms with Gasteiger partial charge in [-0.1, -0.05) is 12.1 Å². The number of hydrogen-bond acceptors (Lipinski definition) is 3. The van der Waals surface area contributed by atoms with Gasteiger partial charge in [0.2, 0.25) is 0 Å². The zero-order valence-electron chi connectivity index (χ0n) is 10.4. The first-order chi connectivity index (χ1) is 8.16. The highest BCUT2D eigenvalue weighted by atomic mass is 16.5. The van der Waals surface area contributed by atoms with Gasteiger partial charge >= 0.3 is 0 Å². The van der Waals surface area contributed by atoms with Gasteiger partial charge in [0.1, 0.15) is 11.5 Å². The van der Waals surface area contributed by atoms with Crippen LogP contribution in [0.1, 0.15) is 25.8 Å². The molecule has 0 spiro atoms. The Balaban J connectivity index is 2.17. The molecule has 17 heavy (non-hydrogen) atoms. The molecule has 2 rings (SSSR count). The van der Waals surface area contributed by atoms with Crippen LogP contribution in [0, 0.1) is 0 Å². The van der Waals surface area contributed by atoms with Crippen molar-refractivity contribution in [1.82, 2.24) is 0 Å². The molecule has 3 nitrogen and oxygen atoms in total. The third-order valence-electron chi connectivity index (χ3n) is 3.12. The van der Waals surface area contributed by atoms with Gasteiger partial charge in [-0.25, -0.2) is 0 Å². The standard InChI is InChI=1S/C14H18O3/c1-3-17-13-6-4-12(5-7-13)14(8-11(2)15)9-16-10-14/h4-7H,3,8-10H2,1-2H3. The third-order valence-corrected chi connectivity index (χ3v) is 3.12. The molecular formula is C14H18O3. The average molecular weight is 234 g/mol. The van der Waals surface area contributed by atoms with Gasteiger partial charge in [-0.2, -0.15) is 0 Å². The maximum absolute atomic E-state index is 11.3. The molecule has 0 unspecified atom stereocenters. The van der Waals surface area contributed by atoms with Crippen molar-refractivity contribution in [2.45, 2.75) is 25.7 Å². The van der Waals surface area contributed by atoms with Crippen molar-refractivity contribution < 1.29 is 14.3 Å². The lowest BCUT2D eigenvalue weighted by molar-refractivity contribution is -0.125. The van der Waals surface area contributed by atoms with Crippen LogP contribution >= 0.6 is 0 Å². The van der Waals surface area contributed by atoms with E-state index in [4.69, 9.17) is 9.47 Å². The molecule has 1 fully saturated rings. The molecule has 3 heteroatoms. The van der Waals surface area contributed by atoms with Crippen LogP contribution in [0.2, 0.25) is 0 Å². The first-order valence-electron chi connectivity index (χ1n) is 5.97. The Hall–Kier alpha value is -1.35. The lowest BCUT2D eigenvalue weighted by Gasteiger charge is -2.41. The van der Waals surface area contributed by atoms with Gasteiger partial charge < -0.3 is 9.47 Å². The van der Waals surface area contributed by atoms with E-state index in [-0.39, 0.29) is 11.2 Å². The van der Waals surface area contributed by atoms with Gasteiger partial charge in [-0.3, -0.25) is 4.79 Å². The number of hydrogen-bond donors (Lipinski definition) is 0. The lowest BCUT2D eigenvalue weighted by Crippen LogP contribution is -2.47. The summed E-state index contributed by atoms with van der Waals surface area (Å²) in [5.74, 6) is 1.08. The quantitative estimate of drug-likeness (QED) is 0.784. The highest BCUT2D eigenvalue weighted by Crippen LogP contribution is 2.36. The Morgan fingerprint density at radius 1 is 1.35 bits per heavy atom. The minimum absolute atomic E-state index is 0.101. The summed E-state index contributed by atoms with van der Waals surface area (Å²) in [4.78, 5) is 11.3. The fraction of sp³-hybridized carbons (Fsp3) is 0.500. The number of benzene rings is 1. The molecule has 0 N–H and O–H groups in total. The van der Waals surface area contributed by atoms with Crippen LogP contribution in [-0.2, 0) is 14.9 Å². The van der Waals surface area contributed by atoms with Crippen LogP contribution in [0.5, 0.6) is 5.75 Å². The van der Waals surface area contributed by atoms with E-state index in [1.54, 1.807) is 6.92 Å². The summed E-state index contributed by atoms with van der Waals surface area (Å²) >= 11 is 0. The minimum Gasteiger partial charge on any atom is -0.494 e. The molecule has 1 aliphatic heterocycles. The molecule has 0 bridgehead atoms. The predicted octanol–water partition coefficient (Wildman–Crippen LogP) is 2.33. The van der Waals surface area contributed by atoms with Crippen LogP contribution in [0.3, 0.4) is 0 Å². The number of carbonyl (C=O) groups excluding carboxylic acids is 1. The molecule has 1 heterocycles. The minimum atomic E-state index is -0.101. The van der Waals surface area contributed by atoms with Crippen LogP contribution < -0.4 is 4.74 Å². The Labute approximate surface area is 102 Å². The normalized spacial score (nSPS) is 17.3. The highest BCUT2D eigenvalue weighted by Gasteiger charge is 2.41. The fourth-order valence-electron chi connectivity index (χ4n) is 2.27. The van der Waals surface area contributed by atoms with Gasteiger partial charge in [-0.15, -0.1) is 0 Å². The SMILES string of the molecule is CCOc1ccc(C2(CC(C)=O)COC2)cc1. The van der Waals surface area contributed by atoms with Crippen LogP contribution in [0.15, 0.2) is 24.3 Å². The summed E-state index contributed by atoms with van der Waals surface area (Å²) < 4.78 is 10.7. The second-order valence-electron chi connectivity index (χ2n) is 4.61. The second kappa shape index (κ2) is 4.88. The summed E-state index contributed by atoms with van der Waals surface area (Å²) in [6.45, 7) is 5.54. The Morgan fingerprint density at radius 2 is 2.00 bits per heavy atom. The van der Waals surface area contributed by atoms with Gasteiger partial charge in [0.25, 0.3) is 0 Å². The smallest absolute Gasteiger partial charge is 0.130 e. The second-order valence-corrected chi connectivity index (χ2v) is 4.61. The molecule has 0 saturated carbocycles. The first-order valence-corrected chi connectivity index (χ1v) is 5.97. The molecule has 1 aromatic rings. The first kappa shape index (κ1) is 12.1. The number of Topliss-reactive ketones (excluding diaryl/α,β-unsaturated/α-hetero) is 1. The van der Waals surface area contributed by atoms with Crippen molar-refractivity contribution in [2.75, 3.05) is 19.8 Å². The van der Waals surface area contributed by atoms with Crippen LogP contribution in [-0.4, -0.2) is 25.6 Å². The Bertz CT molecular complexity index is 390. The van der Waals surface area contributed by atoms with Crippen molar-refractivity contribution >= 4 is 5.78 Å². The molecule has 1 saturated heterocycles. The van der Waals surface area contributed by atoms with Gasteiger partial charge in [-0.05, 0) is 31.5 Å². The number of ether oxygens (including phenoxy) is 2. The molecule has 0 aromatic heterocycles. The number of carbonyl (C=O) groups is 1. The number of rotatable bonds is 5. The summed E-state index contributed by atoms with van der Waals surface area (Å²) in [7, 11) is 0. The average Bonchev–Trinajstić information content (AvgIpc) is 2.25. The van der Waals surface area contributed by atoms with E-state index < -0.39 is 0 Å². The van der Waals surface area contributed by atoms with Crippen molar-refractivity contribution in [2.24, 2.45) is 0 Å². The highest BCUT2D eigenvalue weighted by molar-refractivity contribution is 5.77. The molecular weight excluding hydrogens is 216 g/mol. The number of ketones is 1. The summed E-state index contributed by atoms with van der Waals surface area (Å²) in [6.07, 6.45) is 0.557. The monoisotopic (exact) mass is 234 g/mol. The maximum atomic E-state index is 11.3. The van der Waals surface area contributed by atoms with E-state index >= 15 is 0 Å². The maximum Gasteiger partial charge on any atom is 0.130 e. The Kier molecular flexibility index (Phi) is 3.48. The van der Waals surface area contributed by atoms with E-state index in [1.165, 1.54) is 5.56 Å². The predicted molar refractivity (Wildman–Crippen MR) is 65.4 cm³/mol. The Morgan fingerprint density at radius 3 is 2.41 bits per heavy atom. The van der Waals surface area contributed by atoms with E-state index in [0.29, 0.717) is 26.2 Å². The molecule has 0 amide bonds. The molecule has 0 atom stereocenters. The summed E-state index contributed by atoms with van der Waals surface area (Å²) in [5.41, 5.74) is 1.07. The van der Waals surface area contributed by atoms with Gasteiger partial charge in [0, 0.05) is 11.8 Å². The van der Waals surface area contributed by atoms with Gasteiger partial charge in [0.05, 0.1) is 19.8 Å². The zero-order valence-corrected chi connectivity index (χ0v) is 10.4. The van der Waals surface area contributed by atoms with Crippen molar-refractivity contribution in [3.8, 4) is 5.75 Å². The molecule has 1 aromatic carbocycles. The molecule has 0 aliphatic carbocycles. The zero-order chi connectivity index (χ0) is 12.3. The van der Waals surface area contributed by atoms with Gasteiger partial charge in [0.15, 0.2) is 0 Å².